The Bertz CT molecular complexity index is 591. The van der Waals surface area contributed by atoms with E-state index in [-0.39, 0.29) is 0 Å². The van der Waals surface area contributed by atoms with Crippen LogP contribution >= 0.6 is 0 Å². The van der Waals surface area contributed by atoms with Crippen molar-refractivity contribution >= 4 is 5.82 Å². The van der Waals surface area contributed by atoms with E-state index in [1.807, 2.05) is 27.7 Å². The monoisotopic (exact) mass is 273 g/mol. The molecule has 0 amide bonds. The van der Waals surface area contributed by atoms with Gasteiger partial charge in [0.1, 0.15) is 17.3 Å². The number of hydrogen-bond donors (Lipinski definition) is 1. The highest BCUT2D eigenvalue weighted by atomic mass is 15.3. The summed E-state index contributed by atoms with van der Waals surface area (Å²) < 4.78 is 3.94. The third-order valence-electron chi connectivity index (χ3n) is 3.22. The van der Waals surface area contributed by atoms with Crippen LogP contribution < -0.4 is 5.73 Å². The van der Waals surface area contributed by atoms with Crippen molar-refractivity contribution in [3.8, 4) is 11.3 Å². The lowest BCUT2D eigenvalue weighted by molar-refractivity contribution is 0.603. The van der Waals surface area contributed by atoms with Gasteiger partial charge in [0.25, 0.3) is 0 Å². The minimum absolute atomic E-state index is 0.316. The minimum atomic E-state index is 0.316. The van der Waals surface area contributed by atoms with Crippen LogP contribution in [0.4, 0.5) is 5.82 Å². The van der Waals surface area contributed by atoms with Gasteiger partial charge in [0.2, 0.25) is 0 Å². The Hall–Kier alpha value is -2.04. The van der Waals surface area contributed by atoms with Gasteiger partial charge in [-0.25, -0.2) is 4.98 Å². The number of aryl methyl sites for hydroxylation is 1. The predicted octanol–water partition coefficient (Wildman–Crippen LogP) is 3.05. The maximum absolute atomic E-state index is 6.26. The maximum Gasteiger partial charge on any atom is 0.132 e. The molecular weight excluding hydrogens is 250 g/mol. The zero-order valence-electron chi connectivity index (χ0n) is 12.5. The standard InChI is InChI=1S/C15H23N5/c1-5-7-19-10-12(9-17-19)13-14(16)20(8-6-2)15(18-13)11(3)4/h6,9-11H,2,5,7-8,16H2,1,3-4H3. The van der Waals surface area contributed by atoms with Gasteiger partial charge in [-0.3, -0.25) is 4.68 Å². The predicted molar refractivity (Wildman–Crippen MR) is 82.4 cm³/mol. The second kappa shape index (κ2) is 5.94. The van der Waals surface area contributed by atoms with Crippen LogP contribution in [0, 0.1) is 0 Å². The number of hydrogen-bond acceptors (Lipinski definition) is 3. The Kier molecular flexibility index (Phi) is 4.27. The molecule has 0 radical (unpaired) electrons. The largest absolute Gasteiger partial charge is 0.383 e. The zero-order valence-corrected chi connectivity index (χ0v) is 12.5. The van der Waals surface area contributed by atoms with Gasteiger partial charge in [0.05, 0.1) is 6.20 Å². The van der Waals surface area contributed by atoms with E-state index in [2.05, 4.69) is 32.4 Å². The average molecular weight is 273 g/mol. The normalized spacial score (nSPS) is 11.2. The van der Waals surface area contributed by atoms with Crippen LogP contribution in [-0.4, -0.2) is 19.3 Å². The van der Waals surface area contributed by atoms with E-state index < -0.39 is 0 Å². The van der Waals surface area contributed by atoms with Gasteiger partial charge in [0, 0.05) is 30.8 Å². The molecular formula is C15H23N5. The topological polar surface area (TPSA) is 61.7 Å². The first-order valence-corrected chi connectivity index (χ1v) is 7.08. The Labute approximate surface area is 120 Å². The molecule has 2 aromatic heterocycles. The number of nitrogens with zero attached hydrogens (tertiary/aromatic N) is 4. The summed E-state index contributed by atoms with van der Waals surface area (Å²) in [5, 5.41) is 4.34. The number of rotatable bonds is 6. The molecule has 0 aliphatic rings. The second-order valence-electron chi connectivity index (χ2n) is 5.25. The van der Waals surface area contributed by atoms with Crippen molar-refractivity contribution in [2.24, 2.45) is 0 Å². The van der Waals surface area contributed by atoms with Gasteiger partial charge in [0.15, 0.2) is 0 Å². The van der Waals surface area contributed by atoms with E-state index in [4.69, 9.17) is 10.7 Å². The summed E-state index contributed by atoms with van der Waals surface area (Å²) in [5.41, 5.74) is 8.05. The van der Waals surface area contributed by atoms with Crippen molar-refractivity contribution in [2.45, 2.75) is 46.2 Å². The van der Waals surface area contributed by atoms with E-state index in [1.165, 1.54) is 0 Å². The highest BCUT2D eigenvalue weighted by Crippen LogP contribution is 2.29. The Morgan fingerprint density at radius 2 is 2.20 bits per heavy atom. The van der Waals surface area contributed by atoms with Crippen LogP contribution in [-0.2, 0) is 13.1 Å². The fourth-order valence-corrected chi connectivity index (χ4v) is 2.29. The van der Waals surface area contributed by atoms with Crippen molar-refractivity contribution in [3.63, 3.8) is 0 Å². The van der Waals surface area contributed by atoms with Crippen LogP contribution in [0.25, 0.3) is 11.3 Å². The third-order valence-corrected chi connectivity index (χ3v) is 3.22. The number of anilines is 1. The first kappa shape index (κ1) is 14.4. The fraction of sp³-hybridized carbons (Fsp3) is 0.467. The number of nitrogen functional groups attached to an aromatic ring is 1. The average Bonchev–Trinajstić information content (AvgIpc) is 2.97. The molecule has 108 valence electrons. The van der Waals surface area contributed by atoms with Crippen molar-refractivity contribution in [1.29, 1.82) is 0 Å². The van der Waals surface area contributed by atoms with Gasteiger partial charge in [-0.2, -0.15) is 5.10 Å². The van der Waals surface area contributed by atoms with Crippen molar-refractivity contribution in [2.75, 3.05) is 5.73 Å². The number of nitrogens with two attached hydrogens (primary N) is 1. The summed E-state index contributed by atoms with van der Waals surface area (Å²) in [6.45, 7) is 11.7. The molecule has 0 aliphatic carbocycles. The van der Waals surface area contributed by atoms with E-state index in [9.17, 15) is 0 Å². The lowest BCUT2D eigenvalue weighted by Gasteiger charge is -2.08. The summed E-state index contributed by atoms with van der Waals surface area (Å²) in [4.78, 5) is 4.71. The Morgan fingerprint density at radius 3 is 2.80 bits per heavy atom. The van der Waals surface area contributed by atoms with Gasteiger partial charge in [-0.15, -0.1) is 6.58 Å². The van der Waals surface area contributed by atoms with Gasteiger partial charge < -0.3 is 10.3 Å². The smallest absolute Gasteiger partial charge is 0.132 e. The van der Waals surface area contributed by atoms with Gasteiger partial charge >= 0.3 is 0 Å². The van der Waals surface area contributed by atoms with Crippen LogP contribution in [0.5, 0.6) is 0 Å². The molecule has 0 spiro atoms. The molecule has 0 aliphatic heterocycles. The van der Waals surface area contributed by atoms with E-state index in [1.54, 1.807) is 0 Å². The third kappa shape index (κ3) is 2.61. The molecule has 0 saturated carbocycles. The highest BCUT2D eigenvalue weighted by molar-refractivity contribution is 5.70. The van der Waals surface area contributed by atoms with Gasteiger partial charge in [-0.1, -0.05) is 26.8 Å². The minimum Gasteiger partial charge on any atom is -0.383 e. The van der Waals surface area contributed by atoms with Gasteiger partial charge in [-0.05, 0) is 6.42 Å². The molecule has 2 heterocycles. The molecule has 0 saturated heterocycles. The molecule has 2 N–H and O–H groups in total. The van der Waals surface area contributed by atoms with E-state index >= 15 is 0 Å². The maximum atomic E-state index is 6.26. The second-order valence-corrected chi connectivity index (χ2v) is 5.25. The highest BCUT2D eigenvalue weighted by Gasteiger charge is 2.18. The fourth-order valence-electron chi connectivity index (χ4n) is 2.29. The molecule has 5 heteroatoms. The first-order valence-electron chi connectivity index (χ1n) is 7.08. The van der Waals surface area contributed by atoms with Crippen molar-refractivity contribution < 1.29 is 0 Å². The molecule has 20 heavy (non-hydrogen) atoms. The lowest BCUT2D eigenvalue weighted by Crippen LogP contribution is -2.07. The van der Waals surface area contributed by atoms with Crippen LogP contribution in [0.3, 0.4) is 0 Å². The summed E-state index contributed by atoms with van der Waals surface area (Å²) in [7, 11) is 0. The molecule has 0 fully saturated rings. The van der Waals surface area contributed by atoms with Crippen LogP contribution in [0.15, 0.2) is 25.0 Å². The zero-order chi connectivity index (χ0) is 14.7. The number of imidazole rings is 1. The SMILES string of the molecule is C=CCn1c(C(C)C)nc(-c2cnn(CCC)c2)c1N. The quantitative estimate of drug-likeness (QED) is 0.823. The van der Waals surface area contributed by atoms with E-state index in [0.717, 1.165) is 30.0 Å². The first-order chi connectivity index (χ1) is 9.58. The summed E-state index contributed by atoms with van der Waals surface area (Å²) in [5.74, 6) is 1.99. The molecule has 5 nitrogen and oxygen atoms in total. The number of allylic oxidation sites excluding steroid dienone is 1. The van der Waals surface area contributed by atoms with Crippen molar-refractivity contribution in [1.82, 2.24) is 19.3 Å². The van der Waals surface area contributed by atoms with Crippen molar-refractivity contribution in [3.05, 3.63) is 30.9 Å². The van der Waals surface area contributed by atoms with Crippen LogP contribution in [0.1, 0.15) is 38.9 Å². The lowest BCUT2D eigenvalue weighted by atomic mass is 10.2. The van der Waals surface area contributed by atoms with Crippen LogP contribution in [0.2, 0.25) is 0 Å². The molecule has 2 rings (SSSR count). The molecule has 0 atom stereocenters. The summed E-state index contributed by atoms with van der Waals surface area (Å²) in [6.07, 6.45) is 6.73. The molecule has 0 aromatic carbocycles. The Morgan fingerprint density at radius 1 is 1.45 bits per heavy atom. The molecule has 0 bridgehead atoms. The molecule has 0 unspecified atom stereocenters. The summed E-state index contributed by atoms with van der Waals surface area (Å²) >= 11 is 0. The summed E-state index contributed by atoms with van der Waals surface area (Å²) in [6, 6.07) is 0. The number of aromatic nitrogens is 4. The Balaban J connectivity index is 2.45. The van der Waals surface area contributed by atoms with E-state index in [0.29, 0.717) is 18.3 Å². The molecule has 2 aromatic rings.